The van der Waals surface area contributed by atoms with Crippen molar-refractivity contribution in [1.82, 2.24) is 15.6 Å². The predicted molar refractivity (Wildman–Crippen MR) is 117 cm³/mol. The van der Waals surface area contributed by atoms with E-state index in [4.69, 9.17) is 32.4 Å². The smallest absolute Gasteiger partial charge is 0.407 e. The summed E-state index contributed by atoms with van der Waals surface area (Å²) in [6, 6.07) is 4.91. The number of amides is 2. The largest absolute Gasteiger partial charge is 0.450 e. The average Bonchev–Trinajstić information content (AvgIpc) is 3.13. The maximum atomic E-state index is 12.2. The minimum absolute atomic E-state index is 0.154. The normalized spacial score (nSPS) is 11.9. The van der Waals surface area contributed by atoms with Crippen LogP contribution in [0.25, 0.3) is 11.3 Å². The maximum absolute atomic E-state index is 12.2. The van der Waals surface area contributed by atoms with Crippen molar-refractivity contribution in [2.24, 2.45) is 5.92 Å². The van der Waals surface area contributed by atoms with Gasteiger partial charge in [0, 0.05) is 36.0 Å². The molecule has 9 heteroatoms. The summed E-state index contributed by atoms with van der Waals surface area (Å²) < 4.78 is 10.6. The Labute approximate surface area is 186 Å². The number of carbonyl (C=O) groups is 2. The van der Waals surface area contributed by atoms with Crippen LogP contribution < -0.4 is 10.6 Å². The summed E-state index contributed by atoms with van der Waals surface area (Å²) in [4.78, 5) is 28.1. The molecule has 164 valence electrons. The van der Waals surface area contributed by atoms with Gasteiger partial charge in [0.1, 0.15) is 0 Å². The molecule has 2 aromatic rings. The molecular weight excluding hydrogens is 429 g/mol. The van der Waals surface area contributed by atoms with Crippen LogP contribution in [0.1, 0.15) is 39.5 Å². The van der Waals surface area contributed by atoms with Gasteiger partial charge >= 0.3 is 6.09 Å². The second-order valence-corrected chi connectivity index (χ2v) is 8.08. The third-order valence-corrected chi connectivity index (χ3v) is 4.76. The van der Waals surface area contributed by atoms with Gasteiger partial charge in [-0.1, -0.05) is 37.0 Å². The number of rotatable bonds is 10. The zero-order valence-electron chi connectivity index (χ0n) is 17.3. The van der Waals surface area contributed by atoms with Crippen molar-refractivity contribution < 1.29 is 18.7 Å². The number of halogens is 2. The number of benzene rings is 1. The first-order valence-electron chi connectivity index (χ1n) is 9.88. The van der Waals surface area contributed by atoms with Crippen molar-refractivity contribution in [1.29, 1.82) is 0 Å². The molecule has 1 heterocycles. The number of oxazole rings is 1. The zero-order chi connectivity index (χ0) is 22.1. The van der Waals surface area contributed by atoms with Gasteiger partial charge in [-0.15, -0.1) is 0 Å². The third-order valence-electron chi connectivity index (χ3n) is 4.22. The fourth-order valence-electron chi connectivity index (χ4n) is 2.89. The van der Waals surface area contributed by atoms with Gasteiger partial charge in [0.05, 0.1) is 17.8 Å². The highest BCUT2D eigenvalue weighted by Crippen LogP contribution is 2.30. The van der Waals surface area contributed by atoms with Gasteiger partial charge in [0.2, 0.25) is 5.91 Å². The molecule has 0 bridgehead atoms. The van der Waals surface area contributed by atoms with Crippen LogP contribution in [0.4, 0.5) is 4.79 Å². The Kier molecular flexibility index (Phi) is 9.46. The van der Waals surface area contributed by atoms with Gasteiger partial charge in [-0.25, -0.2) is 9.78 Å². The standard InChI is InChI=1S/C21H27Cl2N3O4/c1-4-29-21(28)26-15(9-13(2)3)11-24-19(27)7-8-20-25-12-18(30-20)16-6-5-14(22)10-17(16)23/h5-6,10,12-13,15H,4,7-9,11H2,1-3H3,(H,24,27)(H,26,28). The minimum atomic E-state index is -0.481. The first kappa shape index (κ1) is 24.0. The van der Waals surface area contributed by atoms with E-state index in [2.05, 4.69) is 29.5 Å². The predicted octanol–water partition coefficient (Wildman–Crippen LogP) is 4.86. The Bertz CT molecular complexity index is 855. The van der Waals surface area contributed by atoms with Crippen molar-refractivity contribution in [3.63, 3.8) is 0 Å². The molecule has 2 amide bonds. The third kappa shape index (κ3) is 7.88. The molecule has 30 heavy (non-hydrogen) atoms. The molecule has 0 aliphatic carbocycles. The topological polar surface area (TPSA) is 93.5 Å². The molecule has 1 atom stereocenters. The van der Waals surface area contributed by atoms with Crippen LogP contribution >= 0.6 is 23.2 Å². The minimum Gasteiger partial charge on any atom is -0.450 e. The number of hydrogen-bond donors (Lipinski definition) is 2. The molecule has 0 spiro atoms. The summed E-state index contributed by atoms with van der Waals surface area (Å²) in [5, 5.41) is 6.63. The summed E-state index contributed by atoms with van der Waals surface area (Å²) in [6.07, 6.45) is 2.37. The number of alkyl carbamates (subject to hydrolysis) is 1. The van der Waals surface area contributed by atoms with E-state index in [9.17, 15) is 9.59 Å². The second kappa shape index (κ2) is 11.8. The summed E-state index contributed by atoms with van der Waals surface area (Å²) in [5.74, 6) is 1.16. The van der Waals surface area contributed by atoms with Crippen molar-refractivity contribution in [3.05, 3.63) is 40.3 Å². The van der Waals surface area contributed by atoms with E-state index in [1.165, 1.54) is 0 Å². The Hall–Kier alpha value is -2.25. The highest BCUT2D eigenvalue weighted by atomic mass is 35.5. The molecule has 7 nitrogen and oxygen atoms in total. The Morgan fingerprint density at radius 3 is 2.70 bits per heavy atom. The van der Waals surface area contributed by atoms with Crippen LogP contribution in [0.15, 0.2) is 28.8 Å². The second-order valence-electron chi connectivity index (χ2n) is 7.24. The SMILES string of the molecule is CCOC(=O)NC(CNC(=O)CCc1ncc(-c2ccc(Cl)cc2Cl)o1)CC(C)C. The summed E-state index contributed by atoms with van der Waals surface area (Å²) in [5.41, 5.74) is 0.686. The van der Waals surface area contributed by atoms with Gasteiger partial charge in [-0.05, 0) is 37.5 Å². The van der Waals surface area contributed by atoms with Crippen LogP contribution in [0.2, 0.25) is 10.0 Å². The molecule has 0 fully saturated rings. The molecule has 1 aromatic carbocycles. The van der Waals surface area contributed by atoms with Crippen molar-refractivity contribution in [3.8, 4) is 11.3 Å². The molecule has 0 saturated heterocycles. The fraction of sp³-hybridized carbons (Fsp3) is 0.476. The summed E-state index contributed by atoms with van der Waals surface area (Å²) >= 11 is 12.1. The zero-order valence-corrected chi connectivity index (χ0v) is 18.8. The molecule has 0 saturated carbocycles. The van der Waals surface area contributed by atoms with Crippen molar-refractivity contribution in [2.75, 3.05) is 13.2 Å². The number of ether oxygens (including phenoxy) is 1. The van der Waals surface area contributed by atoms with E-state index >= 15 is 0 Å². The fourth-order valence-corrected chi connectivity index (χ4v) is 3.39. The highest BCUT2D eigenvalue weighted by molar-refractivity contribution is 6.36. The van der Waals surface area contributed by atoms with Crippen LogP contribution in [0.3, 0.4) is 0 Å². The maximum Gasteiger partial charge on any atom is 0.407 e. The van der Waals surface area contributed by atoms with Crippen molar-refractivity contribution >= 4 is 35.2 Å². The van der Waals surface area contributed by atoms with E-state index in [1.807, 2.05) is 0 Å². The number of aryl methyl sites for hydroxylation is 1. The van der Waals surface area contributed by atoms with Gasteiger partial charge in [0.25, 0.3) is 0 Å². The number of hydrogen-bond acceptors (Lipinski definition) is 5. The van der Waals surface area contributed by atoms with E-state index in [-0.39, 0.29) is 18.4 Å². The summed E-state index contributed by atoms with van der Waals surface area (Å²) in [6.45, 7) is 6.47. The van der Waals surface area contributed by atoms with Crippen LogP contribution in [0.5, 0.6) is 0 Å². The number of carbonyl (C=O) groups excluding carboxylic acids is 2. The lowest BCUT2D eigenvalue weighted by molar-refractivity contribution is -0.121. The monoisotopic (exact) mass is 455 g/mol. The lowest BCUT2D eigenvalue weighted by atomic mass is 10.0. The molecule has 0 aliphatic heterocycles. The lowest BCUT2D eigenvalue weighted by Crippen LogP contribution is -2.44. The molecule has 1 unspecified atom stereocenters. The van der Waals surface area contributed by atoms with Crippen molar-refractivity contribution in [2.45, 2.75) is 46.1 Å². The number of nitrogens with one attached hydrogen (secondary N) is 2. The van der Waals surface area contributed by atoms with E-state index < -0.39 is 6.09 Å². The molecule has 2 N–H and O–H groups in total. The van der Waals surface area contributed by atoms with Gasteiger partial charge in [-0.2, -0.15) is 0 Å². The Morgan fingerprint density at radius 2 is 2.03 bits per heavy atom. The number of nitrogens with zero attached hydrogens (tertiary/aromatic N) is 1. The molecule has 1 aromatic heterocycles. The Morgan fingerprint density at radius 1 is 1.27 bits per heavy atom. The number of aromatic nitrogens is 1. The first-order chi connectivity index (χ1) is 14.3. The van der Waals surface area contributed by atoms with Crippen LogP contribution in [0, 0.1) is 5.92 Å². The first-order valence-corrected chi connectivity index (χ1v) is 10.6. The highest BCUT2D eigenvalue weighted by Gasteiger charge is 2.16. The van der Waals surface area contributed by atoms with Gasteiger partial charge in [0.15, 0.2) is 11.7 Å². The molecular formula is C21H27Cl2N3O4. The average molecular weight is 456 g/mol. The Balaban J connectivity index is 1.85. The molecule has 0 aliphatic rings. The molecule has 2 rings (SSSR count). The lowest BCUT2D eigenvalue weighted by Gasteiger charge is -2.20. The van der Waals surface area contributed by atoms with E-state index in [1.54, 1.807) is 31.3 Å². The van der Waals surface area contributed by atoms with Crippen LogP contribution in [-0.2, 0) is 16.0 Å². The van der Waals surface area contributed by atoms with Gasteiger partial charge in [-0.3, -0.25) is 4.79 Å². The molecule has 0 radical (unpaired) electrons. The van der Waals surface area contributed by atoms with Crippen LogP contribution in [-0.4, -0.2) is 36.2 Å². The quantitative estimate of drug-likeness (QED) is 0.533. The van der Waals surface area contributed by atoms with E-state index in [0.717, 1.165) is 6.42 Å². The summed E-state index contributed by atoms with van der Waals surface area (Å²) in [7, 11) is 0. The van der Waals surface area contributed by atoms with Gasteiger partial charge < -0.3 is 19.8 Å². The van der Waals surface area contributed by atoms with E-state index in [0.29, 0.717) is 52.8 Å².